The van der Waals surface area contributed by atoms with Gasteiger partial charge in [0.25, 0.3) is 0 Å². The molecule has 0 bridgehead atoms. The van der Waals surface area contributed by atoms with E-state index in [9.17, 15) is 18.4 Å². The molecular formula is C14H9ClF2N2O2. The average molecular weight is 311 g/mol. The Labute approximate surface area is 123 Å². The molecule has 0 saturated heterocycles. The summed E-state index contributed by atoms with van der Waals surface area (Å²) in [4.78, 5) is 23.2. The summed E-state index contributed by atoms with van der Waals surface area (Å²) < 4.78 is 26.3. The Kier molecular flexibility index (Phi) is 4.49. The molecule has 2 aromatic carbocycles. The van der Waals surface area contributed by atoms with Crippen molar-refractivity contribution in [2.24, 2.45) is 0 Å². The highest BCUT2D eigenvalue weighted by Crippen LogP contribution is 2.16. The van der Waals surface area contributed by atoms with Crippen LogP contribution in [0.1, 0.15) is 0 Å². The summed E-state index contributed by atoms with van der Waals surface area (Å²) in [5, 5.41) is 4.76. The minimum absolute atomic E-state index is 0.347. The minimum atomic E-state index is -1.12. The number of anilines is 2. The first-order chi connectivity index (χ1) is 9.95. The molecule has 0 radical (unpaired) electrons. The molecule has 0 aromatic heterocycles. The molecule has 2 amide bonds. The lowest BCUT2D eigenvalue weighted by Gasteiger charge is -2.07. The van der Waals surface area contributed by atoms with Gasteiger partial charge in [-0.25, -0.2) is 8.78 Å². The zero-order valence-electron chi connectivity index (χ0n) is 10.5. The summed E-state index contributed by atoms with van der Waals surface area (Å²) in [6, 6.07) is 8.58. The van der Waals surface area contributed by atoms with E-state index in [4.69, 9.17) is 11.6 Å². The van der Waals surface area contributed by atoms with E-state index in [2.05, 4.69) is 5.32 Å². The fourth-order valence-corrected chi connectivity index (χ4v) is 1.62. The zero-order valence-corrected chi connectivity index (χ0v) is 11.2. The molecule has 21 heavy (non-hydrogen) atoms. The van der Waals surface area contributed by atoms with Crippen LogP contribution in [0.15, 0.2) is 42.5 Å². The predicted octanol–water partition coefficient (Wildman–Crippen LogP) is 3.20. The number of halogens is 3. The van der Waals surface area contributed by atoms with Crippen LogP contribution in [0, 0.1) is 11.6 Å². The zero-order chi connectivity index (χ0) is 15.4. The quantitative estimate of drug-likeness (QED) is 0.837. The van der Waals surface area contributed by atoms with Gasteiger partial charge >= 0.3 is 11.8 Å². The second-order valence-electron chi connectivity index (χ2n) is 4.04. The summed E-state index contributed by atoms with van der Waals surface area (Å²) in [7, 11) is 0. The monoisotopic (exact) mass is 310 g/mol. The molecule has 0 fully saturated rings. The second kappa shape index (κ2) is 6.32. The van der Waals surface area contributed by atoms with Crippen molar-refractivity contribution >= 4 is 34.8 Å². The number of benzene rings is 2. The molecule has 4 nitrogen and oxygen atoms in total. The molecule has 0 saturated carbocycles. The number of nitrogens with one attached hydrogen (secondary N) is 2. The molecule has 0 aliphatic heterocycles. The van der Waals surface area contributed by atoms with Gasteiger partial charge in [0.2, 0.25) is 0 Å². The van der Waals surface area contributed by atoms with Gasteiger partial charge in [-0.05, 0) is 36.4 Å². The summed E-state index contributed by atoms with van der Waals surface area (Å²) in [6.45, 7) is 0. The van der Waals surface area contributed by atoms with E-state index in [1.807, 2.05) is 5.32 Å². The lowest BCUT2D eigenvalue weighted by atomic mass is 10.3. The van der Waals surface area contributed by atoms with Crippen LogP contribution in [0.3, 0.4) is 0 Å². The third-order valence-corrected chi connectivity index (χ3v) is 2.74. The van der Waals surface area contributed by atoms with Gasteiger partial charge in [0.05, 0.1) is 5.69 Å². The van der Waals surface area contributed by atoms with E-state index in [1.54, 1.807) is 0 Å². The van der Waals surface area contributed by atoms with E-state index >= 15 is 0 Å². The molecule has 0 spiro atoms. The summed E-state index contributed by atoms with van der Waals surface area (Å²) in [6.07, 6.45) is 0. The number of amides is 2. The van der Waals surface area contributed by atoms with Gasteiger partial charge in [-0.3, -0.25) is 9.59 Å². The SMILES string of the molecule is O=C(Nc1ccc(Cl)cc1)C(=O)Nc1cc(F)ccc1F. The van der Waals surface area contributed by atoms with Gasteiger partial charge in [0, 0.05) is 16.8 Å². The predicted molar refractivity (Wildman–Crippen MR) is 75.1 cm³/mol. The van der Waals surface area contributed by atoms with Crippen molar-refractivity contribution in [2.45, 2.75) is 0 Å². The first-order valence-corrected chi connectivity index (χ1v) is 6.16. The molecule has 0 aliphatic carbocycles. The van der Waals surface area contributed by atoms with Crippen molar-refractivity contribution in [1.82, 2.24) is 0 Å². The molecule has 0 aliphatic rings. The Morgan fingerprint density at radius 1 is 0.905 bits per heavy atom. The molecule has 0 heterocycles. The van der Waals surface area contributed by atoms with Crippen LogP contribution >= 0.6 is 11.6 Å². The first-order valence-electron chi connectivity index (χ1n) is 5.78. The normalized spacial score (nSPS) is 10.0. The van der Waals surface area contributed by atoms with Crippen molar-refractivity contribution < 1.29 is 18.4 Å². The van der Waals surface area contributed by atoms with Crippen LogP contribution < -0.4 is 10.6 Å². The third-order valence-electron chi connectivity index (χ3n) is 2.48. The number of carbonyl (C=O) groups excluding carboxylic acids is 2. The van der Waals surface area contributed by atoms with Crippen molar-refractivity contribution in [3.05, 3.63) is 59.1 Å². The van der Waals surface area contributed by atoms with Gasteiger partial charge in [0.1, 0.15) is 11.6 Å². The van der Waals surface area contributed by atoms with Crippen molar-refractivity contribution in [2.75, 3.05) is 10.6 Å². The molecule has 0 unspecified atom stereocenters. The van der Waals surface area contributed by atoms with Gasteiger partial charge in [-0.1, -0.05) is 11.6 Å². The van der Waals surface area contributed by atoms with Gasteiger partial charge in [0.15, 0.2) is 0 Å². The second-order valence-corrected chi connectivity index (χ2v) is 4.48. The Morgan fingerprint density at radius 3 is 2.19 bits per heavy atom. The molecule has 108 valence electrons. The Balaban J connectivity index is 2.04. The summed E-state index contributed by atoms with van der Waals surface area (Å²) >= 11 is 5.68. The minimum Gasteiger partial charge on any atom is -0.318 e. The highest BCUT2D eigenvalue weighted by atomic mass is 35.5. The number of rotatable bonds is 2. The molecule has 2 aromatic rings. The van der Waals surface area contributed by atoms with Crippen molar-refractivity contribution in [1.29, 1.82) is 0 Å². The molecule has 2 N–H and O–H groups in total. The first kappa shape index (κ1) is 14.9. The molecular weight excluding hydrogens is 302 g/mol. The van der Waals surface area contributed by atoms with E-state index in [-0.39, 0.29) is 0 Å². The highest BCUT2D eigenvalue weighted by molar-refractivity contribution is 6.43. The smallest absolute Gasteiger partial charge is 0.314 e. The molecule has 7 heteroatoms. The van der Waals surface area contributed by atoms with Crippen LogP contribution in [-0.2, 0) is 9.59 Å². The van der Waals surface area contributed by atoms with Gasteiger partial charge in [-0.15, -0.1) is 0 Å². The molecule has 2 rings (SSSR count). The van der Waals surface area contributed by atoms with Crippen molar-refractivity contribution in [3.63, 3.8) is 0 Å². The van der Waals surface area contributed by atoms with E-state index in [0.717, 1.165) is 18.2 Å². The Morgan fingerprint density at radius 2 is 1.52 bits per heavy atom. The topological polar surface area (TPSA) is 58.2 Å². The van der Waals surface area contributed by atoms with Crippen LogP contribution in [0.25, 0.3) is 0 Å². The Hall–Kier alpha value is -2.47. The summed E-state index contributed by atoms with van der Waals surface area (Å²) in [5.41, 5.74) is -0.0643. The van der Waals surface area contributed by atoms with E-state index in [0.29, 0.717) is 10.7 Å². The standard InChI is InChI=1S/C14H9ClF2N2O2/c15-8-1-4-10(5-2-8)18-13(20)14(21)19-12-7-9(16)3-6-11(12)17/h1-7H,(H,18,20)(H,19,21). The number of carbonyl (C=O) groups is 2. The summed E-state index contributed by atoms with van der Waals surface area (Å²) in [5.74, 6) is -3.70. The van der Waals surface area contributed by atoms with Crippen LogP contribution in [0.5, 0.6) is 0 Å². The maximum absolute atomic E-state index is 13.3. The highest BCUT2D eigenvalue weighted by Gasteiger charge is 2.16. The number of hydrogen-bond acceptors (Lipinski definition) is 2. The van der Waals surface area contributed by atoms with Gasteiger partial charge in [-0.2, -0.15) is 0 Å². The molecule has 0 atom stereocenters. The fraction of sp³-hybridized carbons (Fsp3) is 0. The van der Waals surface area contributed by atoms with Crippen LogP contribution in [0.4, 0.5) is 20.2 Å². The lowest BCUT2D eigenvalue weighted by Crippen LogP contribution is -2.29. The van der Waals surface area contributed by atoms with Gasteiger partial charge < -0.3 is 10.6 Å². The van der Waals surface area contributed by atoms with E-state index in [1.165, 1.54) is 24.3 Å². The fourth-order valence-electron chi connectivity index (χ4n) is 1.49. The largest absolute Gasteiger partial charge is 0.318 e. The van der Waals surface area contributed by atoms with Crippen LogP contribution in [-0.4, -0.2) is 11.8 Å². The lowest BCUT2D eigenvalue weighted by molar-refractivity contribution is -0.133. The maximum Gasteiger partial charge on any atom is 0.314 e. The van der Waals surface area contributed by atoms with Crippen LogP contribution in [0.2, 0.25) is 5.02 Å². The maximum atomic E-state index is 13.3. The average Bonchev–Trinajstić information content (AvgIpc) is 2.45. The number of hydrogen-bond donors (Lipinski definition) is 2. The van der Waals surface area contributed by atoms with Crippen molar-refractivity contribution in [3.8, 4) is 0 Å². The Bertz CT molecular complexity index is 690. The van der Waals surface area contributed by atoms with E-state index < -0.39 is 29.1 Å². The third kappa shape index (κ3) is 4.00.